The lowest BCUT2D eigenvalue weighted by molar-refractivity contribution is -0.143. The molecule has 18 heavy (non-hydrogen) atoms. The first-order chi connectivity index (χ1) is 8.62. The van der Waals surface area contributed by atoms with Gasteiger partial charge in [-0.05, 0) is 0 Å². The second-order valence-electron chi connectivity index (χ2n) is 4.63. The Kier molecular flexibility index (Phi) is 4.19. The number of fused-ring (bicyclic) bond motifs is 1. The monoisotopic (exact) mass is 258 g/mol. The zero-order valence-electron chi connectivity index (χ0n) is 10.6. The second-order valence-corrected chi connectivity index (χ2v) is 4.63. The lowest BCUT2D eigenvalue weighted by Crippen LogP contribution is -2.20. The maximum atomic E-state index is 11.1. The Bertz CT molecular complexity index is 285. The lowest BCUT2D eigenvalue weighted by atomic mass is 10.1. The van der Waals surface area contributed by atoms with Gasteiger partial charge >= 0.3 is 11.9 Å². The molecule has 0 saturated carbocycles. The van der Waals surface area contributed by atoms with Crippen LogP contribution < -0.4 is 0 Å². The molecule has 0 amide bonds. The van der Waals surface area contributed by atoms with Crippen LogP contribution in [0.5, 0.6) is 0 Å². The molecule has 0 aromatic rings. The first-order valence-electron chi connectivity index (χ1n) is 6.07. The van der Waals surface area contributed by atoms with E-state index in [-0.39, 0.29) is 49.2 Å². The molecule has 2 aliphatic heterocycles. The van der Waals surface area contributed by atoms with E-state index in [1.54, 1.807) is 0 Å². The van der Waals surface area contributed by atoms with Gasteiger partial charge in [0.25, 0.3) is 0 Å². The van der Waals surface area contributed by atoms with Crippen LogP contribution in [-0.2, 0) is 28.5 Å². The summed E-state index contributed by atoms with van der Waals surface area (Å²) in [4.78, 5) is 22.3. The van der Waals surface area contributed by atoms with Gasteiger partial charge in [0.05, 0.1) is 51.5 Å². The van der Waals surface area contributed by atoms with Gasteiger partial charge < -0.3 is 18.9 Å². The average Bonchev–Trinajstić information content (AvgIpc) is 2.86. The highest BCUT2D eigenvalue weighted by atomic mass is 16.6. The van der Waals surface area contributed by atoms with Gasteiger partial charge in [-0.3, -0.25) is 9.59 Å². The van der Waals surface area contributed by atoms with Crippen LogP contribution in [0.3, 0.4) is 0 Å². The molecule has 2 saturated heterocycles. The largest absolute Gasteiger partial charge is 0.469 e. The van der Waals surface area contributed by atoms with Crippen molar-refractivity contribution in [3.63, 3.8) is 0 Å². The van der Waals surface area contributed by atoms with Crippen molar-refractivity contribution in [3.05, 3.63) is 0 Å². The molecule has 102 valence electrons. The molecule has 6 heteroatoms. The first kappa shape index (κ1) is 13.3. The maximum Gasteiger partial charge on any atom is 0.308 e. The van der Waals surface area contributed by atoms with Gasteiger partial charge in [0.1, 0.15) is 0 Å². The number of hydrogen-bond acceptors (Lipinski definition) is 6. The molecule has 0 spiro atoms. The molecule has 0 aromatic carbocycles. The van der Waals surface area contributed by atoms with Gasteiger partial charge in [-0.2, -0.15) is 0 Å². The van der Waals surface area contributed by atoms with Crippen LogP contribution in [-0.4, -0.2) is 50.6 Å². The molecule has 0 aromatic heterocycles. The third kappa shape index (κ3) is 3.00. The maximum absolute atomic E-state index is 11.1. The summed E-state index contributed by atoms with van der Waals surface area (Å²) in [5.74, 6) is -0.544. The molecule has 0 unspecified atom stereocenters. The zero-order chi connectivity index (χ0) is 13.1. The quantitative estimate of drug-likeness (QED) is 0.681. The number of methoxy groups -OCH3 is 2. The van der Waals surface area contributed by atoms with Crippen LogP contribution in [0.15, 0.2) is 0 Å². The van der Waals surface area contributed by atoms with E-state index in [0.717, 1.165) is 0 Å². The third-order valence-electron chi connectivity index (χ3n) is 3.38. The van der Waals surface area contributed by atoms with Crippen molar-refractivity contribution < 1.29 is 28.5 Å². The van der Waals surface area contributed by atoms with Gasteiger partial charge in [-0.1, -0.05) is 0 Å². The first-order valence-corrected chi connectivity index (χ1v) is 6.07. The lowest BCUT2D eigenvalue weighted by Gasteiger charge is -2.13. The Hall–Kier alpha value is -1.14. The summed E-state index contributed by atoms with van der Waals surface area (Å²) in [6, 6.07) is 0. The van der Waals surface area contributed by atoms with E-state index in [9.17, 15) is 9.59 Å². The Morgan fingerprint density at radius 1 is 0.944 bits per heavy atom. The molecule has 0 N–H and O–H groups in total. The van der Waals surface area contributed by atoms with E-state index in [1.807, 2.05) is 0 Å². The van der Waals surface area contributed by atoms with E-state index >= 15 is 0 Å². The highest BCUT2D eigenvalue weighted by Crippen LogP contribution is 2.36. The van der Waals surface area contributed by atoms with E-state index in [2.05, 4.69) is 9.47 Å². The minimum absolute atomic E-state index is 0.0192. The van der Waals surface area contributed by atoms with E-state index < -0.39 is 0 Å². The third-order valence-corrected chi connectivity index (χ3v) is 3.38. The molecule has 4 atom stereocenters. The van der Waals surface area contributed by atoms with Crippen molar-refractivity contribution in [2.24, 2.45) is 0 Å². The standard InChI is InChI=1S/C12H18O6/c1-15-11(13)5-7-3-9-10(17-7)4-8(18-9)6-12(14)16-2/h7-10H,3-6H2,1-2H3/t7-,8-,9-,10-/m1/s1. The van der Waals surface area contributed by atoms with E-state index in [1.165, 1.54) is 14.2 Å². The SMILES string of the molecule is COC(=O)C[C@H]1C[C@H]2O[C@@H](CC(=O)OC)C[C@H]2O1. The predicted molar refractivity (Wildman–Crippen MR) is 59.8 cm³/mol. The summed E-state index contributed by atoms with van der Waals surface area (Å²) in [7, 11) is 2.72. The Labute approximate surface area is 106 Å². The Morgan fingerprint density at radius 2 is 1.33 bits per heavy atom. The number of carbonyl (C=O) groups is 2. The highest BCUT2D eigenvalue weighted by Gasteiger charge is 2.44. The molecule has 0 aliphatic carbocycles. The number of hydrogen-bond donors (Lipinski definition) is 0. The molecular weight excluding hydrogens is 240 g/mol. The summed E-state index contributed by atoms with van der Waals surface area (Å²) in [6.45, 7) is 0. The summed E-state index contributed by atoms with van der Waals surface area (Å²) < 4.78 is 20.7. The van der Waals surface area contributed by atoms with E-state index in [0.29, 0.717) is 12.8 Å². The van der Waals surface area contributed by atoms with Crippen molar-refractivity contribution in [3.8, 4) is 0 Å². The molecule has 2 rings (SSSR count). The topological polar surface area (TPSA) is 71.1 Å². The highest BCUT2D eigenvalue weighted by molar-refractivity contribution is 5.70. The van der Waals surface area contributed by atoms with Crippen molar-refractivity contribution in [2.45, 2.75) is 50.1 Å². The van der Waals surface area contributed by atoms with Crippen LogP contribution in [0.2, 0.25) is 0 Å². The molecule has 2 aliphatic rings. The van der Waals surface area contributed by atoms with Crippen molar-refractivity contribution in [1.29, 1.82) is 0 Å². The summed E-state index contributed by atoms with van der Waals surface area (Å²) in [6.07, 6.45) is 1.57. The minimum atomic E-state index is -0.272. The van der Waals surface area contributed by atoms with Crippen LogP contribution in [0.1, 0.15) is 25.7 Å². The number of carbonyl (C=O) groups excluding carboxylic acids is 2. The predicted octanol–water partition coefficient (Wildman–Crippen LogP) is 0.428. The molecule has 2 heterocycles. The summed E-state index contributed by atoms with van der Waals surface area (Å²) in [5.41, 5.74) is 0. The van der Waals surface area contributed by atoms with Crippen molar-refractivity contribution in [1.82, 2.24) is 0 Å². The van der Waals surface area contributed by atoms with Crippen LogP contribution in [0, 0.1) is 0 Å². The molecule has 2 fully saturated rings. The molecule has 6 nitrogen and oxygen atoms in total. The van der Waals surface area contributed by atoms with Crippen LogP contribution >= 0.6 is 0 Å². The summed E-state index contributed by atoms with van der Waals surface area (Å²) in [5, 5.41) is 0. The van der Waals surface area contributed by atoms with Gasteiger partial charge in [0.2, 0.25) is 0 Å². The fourth-order valence-corrected chi connectivity index (χ4v) is 2.51. The Morgan fingerprint density at radius 3 is 1.67 bits per heavy atom. The molecule has 0 radical (unpaired) electrons. The Balaban J connectivity index is 1.77. The van der Waals surface area contributed by atoms with Crippen molar-refractivity contribution >= 4 is 11.9 Å². The van der Waals surface area contributed by atoms with Crippen LogP contribution in [0.25, 0.3) is 0 Å². The number of ether oxygens (including phenoxy) is 4. The normalized spacial score (nSPS) is 34.1. The smallest absolute Gasteiger partial charge is 0.308 e. The van der Waals surface area contributed by atoms with Crippen molar-refractivity contribution in [2.75, 3.05) is 14.2 Å². The average molecular weight is 258 g/mol. The van der Waals surface area contributed by atoms with E-state index in [4.69, 9.17) is 9.47 Å². The van der Waals surface area contributed by atoms with Gasteiger partial charge in [0, 0.05) is 12.8 Å². The van der Waals surface area contributed by atoms with Gasteiger partial charge in [0.15, 0.2) is 0 Å². The minimum Gasteiger partial charge on any atom is -0.469 e. The summed E-state index contributed by atoms with van der Waals surface area (Å²) >= 11 is 0. The number of esters is 2. The molecular formula is C12H18O6. The fraction of sp³-hybridized carbons (Fsp3) is 0.833. The molecule has 0 bridgehead atoms. The zero-order valence-corrected chi connectivity index (χ0v) is 10.6. The fourth-order valence-electron chi connectivity index (χ4n) is 2.51. The second kappa shape index (κ2) is 5.67. The van der Waals surface area contributed by atoms with Crippen LogP contribution in [0.4, 0.5) is 0 Å². The van der Waals surface area contributed by atoms with Gasteiger partial charge in [-0.15, -0.1) is 0 Å². The van der Waals surface area contributed by atoms with Gasteiger partial charge in [-0.25, -0.2) is 0 Å². The number of rotatable bonds is 4.